The van der Waals surface area contributed by atoms with E-state index in [0.717, 1.165) is 18.8 Å². The largest absolute Gasteiger partial charge is 0.506 e. The van der Waals surface area contributed by atoms with E-state index in [1.165, 1.54) is 18.3 Å². The third-order valence-corrected chi connectivity index (χ3v) is 4.22. The van der Waals surface area contributed by atoms with Crippen LogP contribution in [0.2, 0.25) is 0 Å². The van der Waals surface area contributed by atoms with Gasteiger partial charge in [0.15, 0.2) is 0 Å². The van der Waals surface area contributed by atoms with Gasteiger partial charge in [-0.25, -0.2) is 0 Å². The molecule has 0 unspecified atom stereocenters. The Morgan fingerprint density at radius 1 is 1.25 bits per heavy atom. The number of halogens is 1. The average Bonchev–Trinajstić information content (AvgIpc) is 2.58. The van der Waals surface area contributed by atoms with Crippen molar-refractivity contribution < 1.29 is 10.0 Å². The Bertz CT molecular complexity index is 756. The number of aromatic hydroxyl groups is 1. The molecule has 2 rings (SSSR count). The van der Waals surface area contributed by atoms with Crippen molar-refractivity contribution in [3.8, 4) is 5.75 Å². The molecule has 24 heavy (non-hydrogen) atoms. The summed E-state index contributed by atoms with van der Waals surface area (Å²) in [6, 6.07) is 10.2. The van der Waals surface area contributed by atoms with Gasteiger partial charge in [-0.05, 0) is 54.0 Å². The maximum atomic E-state index is 10.9. The lowest BCUT2D eigenvalue weighted by Crippen LogP contribution is -2.21. The van der Waals surface area contributed by atoms with Gasteiger partial charge in [0.1, 0.15) is 5.75 Å². The Hall–Kier alpha value is -2.41. The van der Waals surface area contributed by atoms with E-state index in [4.69, 9.17) is 0 Å². The topological polar surface area (TPSA) is 79.0 Å². The number of nitro benzene ring substituents is 1. The fourth-order valence-electron chi connectivity index (χ4n) is 2.29. The maximum absolute atomic E-state index is 10.9. The lowest BCUT2D eigenvalue weighted by molar-refractivity contribution is -0.385. The number of benzene rings is 2. The molecule has 0 spiro atoms. The van der Waals surface area contributed by atoms with E-state index in [1.54, 1.807) is 0 Å². The molecule has 6 nitrogen and oxygen atoms in total. The maximum Gasteiger partial charge on any atom is 0.271 e. The molecular weight excluding hydrogens is 374 g/mol. The molecule has 2 aromatic carbocycles. The predicted octanol–water partition coefficient (Wildman–Crippen LogP) is 4.66. The first-order chi connectivity index (χ1) is 11.5. The molecule has 0 aliphatic carbocycles. The number of hydrogen-bond acceptors (Lipinski definition) is 5. The van der Waals surface area contributed by atoms with E-state index in [2.05, 4.69) is 39.7 Å². The van der Waals surface area contributed by atoms with Gasteiger partial charge in [-0.1, -0.05) is 0 Å². The van der Waals surface area contributed by atoms with E-state index in [9.17, 15) is 15.2 Å². The molecule has 0 heterocycles. The van der Waals surface area contributed by atoms with Gasteiger partial charge in [0.25, 0.3) is 5.69 Å². The van der Waals surface area contributed by atoms with Gasteiger partial charge in [-0.15, -0.1) is 0 Å². The third-order valence-electron chi connectivity index (χ3n) is 3.62. The second-order valence-electron chi connectivity index (χ2n) is 5.07. The van der Waals surface area contributed by atoms with Gasteiger partial charge in [-0.2, -0.15) is 0 Å². The second-order valence-corrected chi connectivity index (χ2v) is 5.92. The van der Waals surface area contributed by atoms with Gasteiger partial charge in [0.05, 0.1) is 15.1 Å². The molecule has 0 saturated carbocycles. The van der Waals surface area contributed by atoms with Gasteiger partial charge in [0.2, 0.25) is 0 Å². The molecule has 0 radical (unpaired) electrons. The van der Waals surface area contributed by atoms with Crippen LogP contribution < -0.4 is 4.90 Å². The molecule has 0 saturated heterocycles. The molecule has 0 bridgehead atoms. The summed E-state index contributed by atoms with van der Waals surface area (Å²) >= 11 is 3.11. The molecule has 0 amide bonds. The molecule has 126 valence electrons. The zero-order valence-corrected chi connectivity index (χ0v) is 15.0. The first-order valence-electron chi connectivity index (χ1n) is 7.52. The minimum Gasteiger partial charge on any atom is -0.506 e. The van der Waals surface area contributed by atoms with Gasteiger partial charge < -0.3 is 10.0 Å². The number of hydrogen-bond donors (Lipinski definition) is 1. The highest BCUT2D eigenvalue weighted by molar-refractivity contribution is 9.10. The molecule has 0 aliphatic heterocycles. The fourth-order valence-corrected chi connectivity index (χ4v) is 2.76. The van der Waals surface area contributed by atoms with Crippen molar-refractivity contribution in [1.29, 1.82) is 0 Å². The standard InChI is InChI=1S/C17H18BrN3O3/c1-3-20(4-2)14-7-5-13(6-8-14)19-11-12-9-15(21(23)24)10-16(18)17(12)22/h5-11,22H,3-4H2,1-2H3. The smallest absolute Gasteiger partial charge is 0.271 e. The van der Waals surface area contributed by atoms with E-state index in [1.807, 2.05) is 24.3 Å². The number of anilines is 1. The summed E-state index contributed by atoms with van der Waals surface area (Å²) in [6.07, 6.45) is 1.42. The van der Waals surface area contributed by atoms with Crippen molar-refractivity contribution >= 4 is 39.2 Å². The van der Waals surface area contributed by atoms with Gasteiger partial charge >= 0.3 is 0 Å². The van der Waals surface area contributed by atoms with Crippen LogP contribution in [-0.2, 0) is 0 Å². The number of phenolic OH excluding ortho intramolecular Hbond substituents is 1. The lowest BCUT2D eigenvalue weighted by atomic mass is 10.2. The van der Waals surface area contributed by atoms with E-state index >= 15 is 0 Å². The molecule has 1 N–H and O–H groups in total. The van der Waals surface area contributed by atoms with E-state index < -0.39 is 4.92 Å². The van der Waals surface area contributed by atoms with Crippen LogP contribution in [-0.4, -0.2) is 29.3 Å². The lowest BCUT2D eigenvalue weighted by Gasteiger charge is -2.20. The summed E-state index contributed by atoms with van der Waals surface area (Å²) in [5, 5.41) is 20.9. The summed E-state index contributed by atoms with van der Waals surface area (Å²) in [6.45, 7) is 6.04. The van der Waals surface area contributed by atoms with Gasteiger partial charge in [0, 0.05) is 42.7 Å². The van der Waals surface area contributed by atoms with Crippen LogP contribution in [0.25, 0.3) is 0 Å². The van der Waals surface area contributed by atoms with Crippen molar-refractivity contribution in [2.75, 3.05) is 18.0 Å². The number of nitrogens with zero attached hydrogens (tertiary/aromatic N) is 3. The van der Waals surface area contributed by atoms with E-state index in [-0.39, 0.29) is 21.5 Å². The SMILES string of the molecule is CCN(CC)c1ccc(N=Cc2cc([N+](=O)[O-])cc(Br)c2O)cc1. The minimum absolute atomic E-state index is 0.0795. The van der Waals surface area contributed by atoms with Gasteiger partial charge in [-0.3, -0.25) is 15.1 Å². The number of phenols is 1. The second kappa shape index (κ2) is 7.92. The van der Waals surface area contributed by atoms with E-state index in [0.29, 0.717) is 5.69 Å². The van der Waals surface area contributed by atoms with Crippen LogP contribution in [0.3, 0.4) is 0 Å². The normalized spacial score (nSPS) is 11.0. The minimum atomic E-state index is -0.513. The Morgan fingerprint density at radius 2 is 1.88 bits per heavy atom. The van der Waals surface area contributed by atoms with Crippen molar-refractivity contribution in [3.63, 3.8) is 0 Å². The highest BCUT2D eigenvalue weighted by atomic mass is 79.9. The van der Waals surface area contributed by atoms with Crippen LogP contribution >= 0.6 is 15.9 Å². The zero-order valence-electron chi connectivity index (χ0n) is 13.4. The number of nitro groups is 1. The van der Waals surface area contributed by atoms with Crippen LogP contribution in [0.15, 0.2) is 45.9 Å². The fraction of sp³-hybridized carbons (Fsp3) is 0.235. The van der Waals surface area contributed by atoms with Crippen molar-refractivity contribution in [3.05, 3.63) is 56.5 Å². The van der Waals surface area contributed by atoms with Crippen molar-refractivity contribution in [1.82, 2.24) is 0 Å². The van der Waals surface area contributed by atoms with Crippen LogP contribution in [0, 0.1) is 10.1 Å². The Kier molecular flexibility index (Phi) is 5.92. The summed E-state index contributed by atoms with van der Waals surface area (Å²) < 4.78 is 0.259. The molecular formula is C17H18BrN3O3. The summed E-state index contributed by atoms with van der Waals surface area (Å²) in [4.78, 5) is 16.9. The van der Waals surface area contributed by atoms with Crippen LogP contribution in [0.4, 0.5) is 17.1 Å². The number of non-ortho nitro benzene ring substituents is 1. The zero-order chi connectivity index (χ0) is 17.7. The first-order valence-corrected chi connectivity index (χ1v) is 8.31. The molecule has 0 atom stereocenters. The van der Waals surface area contributed by atoms with Crippen molar-refractivity contribution in [2.45, 2.75) is 13.8 Å². The Labute approximate surface area is 148 Å². The monoisotopic (exact) mass is 391 g/mol. The summed E-state index contributed by atoms with van der Waals surface area (Å²) in [5.74, 6) is -0.0795. The molecule has 0 fully saturated rings. The highest BCUT2D eigenvalue weighted by Gasteiger charge is 2.13. The molecule has 0 aliphatic rings. The van der Waals surface area contributed by atoms with Crippen LogP contribution in [0.5, 0.6) is 5.75 Å². The Morgan fingerprint density at radius 3 is 2.42 bits per heavy atom. The summed E-state index contributed by atoms with van der Waals surface area (Å²) in [5.41, 5.74) is 1.98. The molecule has 7 heteroatoms. The number of aliphatic imine (C=N–C) groups is 1. The quantitative estimate of drug-likeness (QED) is 0.441. The van der Waals surface area contributed by atoms with Crippen LogP contribution in [0.1, 0.15) is 19.4 Å². The third kappa shape index (κ3) is 4.11. The van der Waals surface area contributed by atoms with Crippen molar-refractivity contribution in [2.24, 2.45) is 4.99 Å². The Balaban J connectivity index is 2.26. The summed E-state index contributed by atoms with van der Waals surface area (Å²) in [7, 11) is 0. The average molecular weight is 392 g/mol. The predicted molar refractivity (Wildman–Crippen MR) is 99.7 cm³/mol. The first kappa shape index (κ1) is 17.9. The highest BCUT2D eigenvalue weighted by Crippen LogP contribution is 2.32. The number of rotatable bonds is 6. The molecule has 0 aromatic heterocycles. The molecule has 2 aromatic rings.